The number of carbonyl (C=O) groups excluding carboxylic acids is 1. The predicted octanol–water partition coefficient (Wildman–Crippen LogP) is 0.476. The first-order valence-corrected chi connectivity index (χ1v) is 5.84. The van der Waals surface area contributed by atoms with Gasteiger partial charge in [-0.05, 0) is 12.1 Å². The van der Waals surface area contributed by atoms with Crippen LogP contribution in [0.5, 0.6) is 0 Å². The molecule has 0 radical (unpaired) electrons. The van der Waals surface area contributed by atoms with Crippen molar-refractivity contribution in [2.24, 2.45) is 5.73 Å². The molecule has 3 N–H and O–H groups in total. The van der Waals surface area contributed by atoms with Gasteiger partial charge < -0.3 is 5.73 Å². The zero-order valence-corrected chi connectivity index (χ0v) is 10.8. The molecule has 0 spiro atoms. The second-order valence-electron chi connectivity index (χ2n) is 4.03. The Morgan fingerprint density at radius 2 is 2.10 bits per heavy atom. The van der Waals surface area contributed by atoms with E-state index in [0.29, 0.717) is 0 Å². The average Bonchev–Trinajstić information content (AvgIpc) is 2.37. The van der Waals surface area contributed by atoms with Crippen molar-refractivity contribution in [2.45, 2.75) is 6.54 Å². The summed E-state index contributed by atoms with van der Waals surface area (Å²) in [5, 5.41) is -0.182. The maximum atomic E-state index is 13.8. The molecule has 8 heteroatoms. The summed E-state index contributed by atoms with van der Waals surface area (Å²) in [6, 6.07) is 3.66. The molecule has 0 saturated carbocycles. The van der Waals surface area contributed by atoms with Crippen LogP contribution in [-0.4, -0.2) is 15.5 Å². The molecule has 104 valence electrons. The number of nitrogens with one attached hydrogen (secondary N) is 1. The number of nitrogens with zero attached hydrogens (tertiary/aromatic N) is 1. The number of benzene rings is 1. The highest BCUT2D eigenvalue weighted by Crippen LogP contribution is 2.11. The zero-order valence-electron chi connectivity index (χ0n) is 10.0. The number of carbonyl (C=O) groups is 1. The molecule has 1 aromatic heterocycles. The fraction of sp³-hybridized carbons (Fsp3) is 0.0833. The zero-order chi connectivity index (χ0) is 14.9. The summed E-state index contributed by atoms with van der Waals surface area (Å²) in [4.78, 5) is 35.5. The Labute approximate surface area is 116 Å². The molecule has 0 unspecified atom stereocenters. The van der Waals surface area contributed by atoms with Crippen LogP contribution in [-0.2, 0) is 6.54 Å². The van der Waals surface area contributed by atoms with Crippen molar-refractivity contribution in [3.05, 3.63) is 67.2 Å². The lowest BCUT2D eigenvalue weighted by atomic mass is 10.1. The minimum Gasteiger partial charge on any atom is -0.366 e. The number of aromatic amines is 1. The minimum absolute atomic E-state index is 0.0260. The number of hydrogen-bond acceptors (Lipinski definition) is 3. The van der Waals surface area contributed by atoms with Gasteiger partial charge in [0.2, 0.25) is 5.91 Å². The quantitative estimate of drug-likeness (QED) is 0.862. The van der Waals surface area contributed by atoms with Gasteiger partial charge in [0.25, 0.3) is 5.56 Å². The molecule has 0 atom stereocenters. The van der Waals surface area contributed by atoms with E-state index in [-0.39, 0.29) is 22.7 Å². The summed E-state index contributed by atoms with van der Waals surface area (Å²) in [5.41, 5.74) is 3.79. The van der Waals surface area contributed by atoms with Crippen LogP contribution in [0.15, 0.2) is 34.0 Å². The SMILES string of the molecule is NC(=O)c1ccc(Cn2cc(Cl)c(=O)[nH]c2=O)c(F)c1. The number of H-pyrrole nitrogens is 1. The Morgan fingerprint density at radius 3 is 2.70 bits per heavy atom. The molecule has 0 aliphatic rings. The third kappa shape index (κ3) is 2.77. The van der Waals surface area contributed by atoms with Gasteiger partial charge in [-0.1, -0.05) is 17.7 Å². The van der Waals surface area contributed by atoms with Crippen LogP contribution >= 0.6 is 11.6 Å². The Morgan fingerprint density at radius 1 is 1.40 bits per heavy atom. The fourth-order valence-electron chi connectivity index (χ4n) is 1.61. The first kappa shape index (κ1) is 14.0. The van der Waals surface area contributed by atoms with Gasteiger partial charge >= 0.3 is 5.69 Å². The van der Waals surface area contributed by atoms with E-state index in [0.717, 1.165) is 16.8 Å². The third-order valence-electron chi connectivity index (χ3n) is 2.65. The largest absolute Gasteiger partial charge is 0.366 e. The molecule has 6 nitrogen and oxygen atoms in total. The van der Waals surface area contributed by atoms with Crippen LogP contribution in [0.4, 0.5) is 4.39 Å². The first-order valence-electron chi connectivity index (χ1n) is 5.46. The summed E-state index contributed by atoms with van der Waals surface area (Å²) in [6.45, 7) is -0.139. The summed E-state index contributed by atoms with van der Waals surface area (Å²) >= 11 is 5.60. The van der Waals surface area contributed by atoms with E-state index >= 15 is 0 Å². The molecular formula is C12H9ClFN3O3. The predicted molar refractivity (Wildman–Crippen MR) is 70.4 cm³/mol. The summed E-state index contributed by atoms with van der Waals surface area (Å²) in [7, 11) is 0. The molecule has 2 aromatic rings. The first-order chi connectivity index (χ1) is 9.38. The molecule has 0 aliphatic carbocycles. The van der Waals surface area contributed by atoms with Crippen molar-refractivity contribution in [3.63, 3.8) is 0 Å². The normalized spacial score (nSPS) is 10.5. The molecular weight excluding hydrogens is 289 g/mol. The van der Waals surface area contributed by atoms with Crippen LogP contribution < -0.4 is 17.0 Å². The van der Waals surface area contributed by atoms with Gasteiger partial charge in [-0.3, -0.25) is 19.1 Å². The van der Waals surface area contributed by atoms with Crippen molar-refractivity contribution in [2.75, 3.05) is 0 Å². The van der Waals surface area contributed by atoms with Crippen LogP contribution in [0.1, 0.15) is 15.9 Å². The van der Waals surface area contributed by atoms with Crippen molar-refractivity contribution in [1.29, 1.82) is 0 Å². The summed E-state index contributed by atoms with van der Waals surface area (Å²) in [6.07, 6.45) is 1.12. The average molecular weight is 298 g/mol. The molecule has 2 rings (SSSR count). The second kappa shape index (κ2) is 5.30. The molecule has 0 aliphatic heterocycles. The van der Waals surface area contributed by atoms with E-state index in [9.17, 15) is 18.8 Å². The fourth-order valence-corrected chi connectivity index (χ4v) is 1.78. The lowest BCUT2D eigenvalue weighted by molar-refractivity contribution is 0.1000. The highest BCUT2D eigenvalue weighted by molar-refractivity contribution is 6.30. The second-order valence-corrected chi connectivity index (χ2v) is 4.44. The number of aromatic nitrogens is 2. The maximum absolute atomic E-state index is 13.8. The van der Waals surface area contributed by atoms with Gasteiger partial charge in [0.05, 0.1) is 6.54 Å². The van der Waals surface area contributed by atoms with E-state index in [4.69, 9.17) is 17.3 Å². The van der Waals surface area contributed by atoms with Gasteiger partial charge in [-0.2, -0.15) is 0 Å². The lowest BCUT2D eigenvalue weighted by Crippen LogP contribution is -2.30. The highest BCUT2D eigenvalue weighted by Gasteiger charge is 2.09. The smallest absolute Gasteiger partial charge is 0.328 e. The lowest BCUT2D eigenvalue weighted by Gasteiger charge is -2.07. The van der Waals surface area contributed by atoms with Gasteiger partial charge in [-0.25, -0.2) is 9.18 Å². The van der Waals surface area contributed by atoms with Gasteiger partial charge in [0.15, 0.2) is 0 Å². The number of hydrogen-bond donors (Lipinski definition) is 2. The number of primary amides is 1. The molecule has 0 fully saturated rings. The Kier molecular flexibility index (Phi) is 3.71. The van der Waals surface area contributed by atoms with Gasteiger partial charge in [0.1, 0.15) is 10.8 Å². The van der Waals surface area contributed by atoms with Crippen LogP contribution in [0, 0.1) is 5.82 Å². The minimum atomic E-state index is -0.750. The van der Waals surface area contributed by atoms with E-state index in [1.54, 1.807) is 0 Å². The van der Waals surface area contributed by atoms with E-state index in [1.807, 2.05) is 4.98 Å². The molecule has 0 bridgehead atoms. The third-order valence-corrected chi connectivity index (χ3v) is 2.91. The van der Waals surface area contributed by atoms with Crippen molar-refractivity contribution < 1.29 is 9.18 Å². The summed E-state index contributed by atoms with van der Waals surface area (Å²) < 4.78 is 14.8. The standard InChI is InChI=1S/C12H9ClFN3O3/c13-8-5-17(12(20)16-11(8)19)4-7-2-1-6(10(15)18)3-9(7)14/h1-3,5H,4H2,(H2,15,18)(H,16,19,20). The molecule has 20 heavy (non-hydrogen) atoms. The Hall–Kier alpha value is -2.41. The van der Waals surface area contributed by atoms with E-state index in [2.05, 4.69) is 0 Å². The number of halogens is 2. The van der Waals surface area contributed by atoms with E-state index in [1.165, 1.54) is 12.1 Å². The highest BCUT2D eigenvalue weighted by atomic mass is 35.5. The van der Waals surface area contributed by atoms with Gasteiger partial charge in [-0.15, -0.1) is 0 Å². The number of rotatable bonds is 3. The van der Waals surface area contributed by atoms with Crippen molar-refractivity contribution in [3.8, 4) is 0 Å². The topological polar surface area (TPSA) is 97.9 Å². The Bertz CT molecular complexity index is 797. The van der Waals surface area contributed by atoms with Crippen LogP contribution in [0.2, 0.25) is 5.02 Å². The monoisotopic (exact) mass is 297 g/mol. The molecule has 1 aromatic carbocycles. The maximum Gasteiger partial charge on any atom is 0.328 e. The number of nitrogens with two attached hydrogens (primary N) is 1. The van der Waals surface area contributed by atoms with E-state index < -0.39 is 23.0 Å². The molecule has 1 amide bonds. The van der Waals surface area contributed by atoms with Gasteiger partial charge in [0, 0.05) is 17.3 Å². The van der Waals surface area contributed by atoms with Crippen LogP contribution in [0.25, 0.3) is 0 Å². The molecule has 0 saturated heterocycles. The van der Waals surface area contributed by atoms with Crippen molar-refractivity contribution in [1.82, 2.24) is 9.55 Å². The van der Waals surface area contributed by atoms with Crippen LogP contribution in [0.3, 0.4) is 0 Å². The Balaban J connectivity index is 2.40. The molecule has 1 heterocycles. The van der Waals surface area contributed by atoms with Crippen molar-refractivity contribution >= 4 is 17.5 Å². The number of amides is 1. The summed E-state index contributed by atoms with van der Waals surface area (Å²) in [5.74, 6) is -1.43.